The minimum atomic E-state index is 0.0485. The molecular weight excluding hydrogens is 232 g/mol. The Morgan fingerprint density at radius 3 is 3.00 bits per heavy atom. The highest BCUT2D eigenvalue weighted by Gasteiger charge is 2.25. The Hall–Kier alpha value is -0.220. The fourth-order valence-electron chi connectivity index (χ4n) is 2.61. The van der Waals surface area contributed by atoms with Gasteiger partial charge in [-0.15, -0.1) is 0 Å². The molecule has 3 unspecified atom stereocenters. The third-order valence-corrected chi connectivity index (χ3v) is 5.16. The predicted molar refractivity (Wildman–Crippen MR) is 73.3 cm³/mol. The molecule has 3 atom stereocenters. The summed E-state index contributed by atoms with van der Waals surface area (Å²) >= 11 is 2.02. The Kier molecular flexibility index (Phi) is 5.16. The molecule has 17 heavy (non-hydrogen) atoms. The van der Waals surface area contributed by atoms with Gasteiger partial charge < -0.3 is 10.6 Å². The van der Waals surface area contributed by atoms with E-state index >= 15 is 0 Å². The van der Waals surface area contributed by atoms with Crippen molar-refractivity contribution >= 4 is 17.7 Å². The fraction of sp³-hybridized carbons (Fsp3) is 0.923. The van der Waals surface area contributed by atoms with Gasteiger partial charge in [0.2, 0.25) is 5.91 Å². The van der Waals surface area contributed by atoms with Gasteiger partial charge in [0, 0.05) is 11.8 Å². The summed E-state index contributed by atoms with van der Waals surface area (Å²) in [5, 5.41) is 7.09. The molecular formula is C13H24N2OS. The van der Waals surface area contributed by atoms with E-state index in [2.05, 4.69) is 17.6 Å². The number of carbonyl (C=O) groups is 1. The third kappa shape index (κ3) is 4.18. The number of carbonyl (C=O) groups excluding carboxylic acids is 1. The lowest BCUT2D eigenvalue weighted by molar-refractivity contribution is -0.124. The maximum absolute atomic E-state index is 12.0. The average Bonchev–Trinajstić information content (AvgIpc) is 2.37. The SMILES string of the molecule is CC1CCNC(C(=O)NCC2CCCCS2)C1. The first-order valence-electron chi connectivity index (χ1n) is 6.88. The molecule has 2 saturated heterocycles. The first kappa shape index (κ1) is 13.2. The topological polar surface area (TPSA) is 41.1 Å². The van der Waals surface area contributed by atoms with Gasteiger partial charge >= 0.3 is 0 Å². The highest BCUT2D eigenvalue weighted by molar-refractivity contribution is 7.99. The first-order valence-corrected chi connectivity index (χ1v) is 7.93. The van der Waals surface area contributed by atoms with Gasteiger partial charge in [-0.3, -0.25) is 4.79 Å². The van der Waals surface area contributed by atoms with Crippen LogP contribution in [-0.2, 0) is 4.79 Å². The van der Waals surface area contributed by atoms with E-state index in [1.54, 1.807) is 0 Å². The standard InChI is InChI=1S/C13H24N2OS/c1-10-5-6-14-12(8-10)13(16)15-9-11-4-2-3-7-17-11/h10-12,14H,2-9H2,1H3,(H,15,16). The lowest BCUT2D eigenvalue weighted by Gasteiger charge is -2.28. The van der Waals surface area contributed by atoms with Crippen molar-refractivity contribution in [1.82, 2.24) is 10.6 Å². The molecule has 0 bridgehead atoms. The molecule has 0 spiro atoms. The minimum absolute atomic E-state index is 0.0485. The smallest absolute Gasteiger partial charge is 0.237 e. The molecule has 2 aliphatic heterocycles. The molecule has 2 fully saturated rings. The van der Waals surface area contributed by atoms with E-state index in [1.165, 1.54) is 31.4 Å². The highest BCUT2D eigenvalue weighted by atomic mass is 32.2. The van der Waals surface area contributed by atoms with Crippen LogP contribution in [0.5, 0.6) is 0 Å². The van der Waals surface area contributed by atoms with E-state index in [0.717, 1.165) is 19.5 Å². The molecule has 2 aliphatic rings. The van der Waals surface area contributed by atoms with Gasteiger partial charge in [0.25, 0.3) is 0 Å². The van der Waals surface area contributed by atoms with Gasteiger partial charge in [-0.05, 0) is 43.9 Å². The van der Waals surface area contributed by atoms with Gasteiger partial charge in [-0.25, -0.2) is 0 Å². The molecule has 2 N–H and O–H groups in total. The Labute approximate surface area is 108 Å². The van der Waals surface area contributed by atoms with Crippen molar-refractivity contribution in [2.75, 3.05) is 18.8 Å². The van der Waals surface area contributed by atoms with Crippen LogP contribution < -0.4 is 10.6 Å². The van der Waals surface area contributed by atoms with Gasteiger partial charge in [0.05, 0.1) is 6.04 Å². The summed E-state index contributed by atoms with van der Waals surface area (Å²) in [7, 11) is 0. The molecule has 0 aromatic carbocycles. The highest BCUT2D eigenvalue weighted by Crippen LogP contribution is 2.24. The Morgan fingerprint density at radius 2 is 2.29 bits per heavy atom. The summed E-state index contributed by atoms with van der Waals surface area (Å²) in [6.45, 7) is 4.08. The molecule has 4 heteroatoms. The molecule has 1 amide bonds. The van der Waals surface area contributed by atoms with Gasteiger partial charge in [-0.1, -0.05) is 13.3 Å². The fourth-order valence-corrected chi connectivity index (χ4v) is 3.85. The van der Waals surface area contributed by atoms with Crippen LogP contribution in [0.4, 0.5) is 0 Å². The Morgan fingerprint density at radius 1 is 1.41 bits per heavy atom. The molecule has 0 aromatic heterocycles. The minimum Gasteiger partial charge on any atom is -0.354 e. The summed E-state index contributed by atoms with van der Waals surface area (Å²) < 4.78 is 0. The molecule has 0 saturated carbocycles. The van der Waals surface area contributed by atoms with Crippen LogP contribution in [0.3, 0.4) is 0 Å². The normalized spacial score (nSPS) is 34.3. The van der Waals surface area contributed by atoms with E-state index < -0.39 is 0 Å². The second-order valence-corrected chi connectivity index (χ2v) is 6.78. The number of hydrogen-bond acceptors (Lipinski definition) is 3. The molecule has 0 aromatic rings. The lowest BCUT2D eigenvalue weighted by atomic mass is 9.94. The van der Waals surface area contributed by atoms with Crippen molar-refractivity contribution in [2.45, 2.75) is 50.3 Å². The second-order valence-electron chi connectivity index (χ2n) is 5.37. The molecule has 98 valence electrons. The van der Waals surface area contributed by atoms with E-state index in [-0.39, 0.29) is 11.9 Å². The van der Waals surface area contributed by atoms with Crippen molar-refractivity contribution in [3.05, 3.63) is 0 Å². The van der Waals surface area contributed by atoms with Gasteiger partial charge in [-0.2, -0.15) is 11.8 Å². The number of rotatable bonds is 3. The summed E-state index contributed by atoms with van der Waals surface area (Å²) in [6, 6.07) is 0.0485. The Balaban J connectivity index is 1.69. The molecule has 0 aliphatic carbocycles. The van der Waals surface area contributed by atoms with Crippen LogP contribution >= 0.6 is 11.8 Å². The molecule has 0 radical (unpaired) electrons. The summed E-state index contributed by atoms with van der Waals surface area (Å²) in [6.07, 6.45) is 6.12. The van der Waals surface area contributed by atoms with Gasteiger partial charge in [0.15, 0.2) is 0 Å². The van der Waals surface area contributed by atoms with Crippen molar-refractivity contribution in [3.63, 3.8) is 0 Å². The maximum atomic E-state index is 12.0. The predicted octanol–water partition coefficient (Wildman–Crippen LogP) is 1.78. The number of nitrogens with one attached hydrogen (secondary N) is 2. The van der Waals surface area contributed by atoms with Crippen LogP contribution in [0.2, 0.25) is 0 Å². The maximum Gasteiger partial charge on any atom is 0.237 e. The van der Waals surface area contributed by atoms with Crippen LogP contribution in [-0.4, -0.2) is 36.0 Å². The Bertz CT molecular complexity index is 254. The number of piperidine rings is 1. The van der Waals surface area contributed by atoms with Crippen molar-refractivity contribution in [3.8, 4) is 0 Å². The van der Waals surface area contributed by atoms with Crippen LogP contribution in [0.15, 0.2) is 0 Å². The second kappa shape index (κ2) is 6.64. The van der Waals surface area contributed by atoms with Crippen molar-refractivity contribution < 1.29 is 4.79 Å². The summed E-state index contributed by atoms with van der Waals surface area (Å²) in [5.74, 6) is 2.15. The van der Waals surface area contributed by atoms with E-state index in [0.29, 0.717) is 11.2 Å². The molecule has 2 heterocycles. The van der Waals surface area contributed by atoms with E-state index in [4.69, 9.17) is 0 Å². The lowest BCUT2D eigenvalue weighted by Crippen LogP contribution is -2.49. The van der Waals surface area contributed by atoms with E-state index in [1.807, 2.05) is 11.8 Å². The van der Waals surface area contributed by atoms with Crippen molar-refractivity contribution in [1.29, 1.82) is 0 Å². The molecule has 2 rings (SSSR count). The third-order valence-electron chi connectivity index (χ3n) is 3.76. The van der Waals surface area contributed by atoms with E-state index in [9.17, 15) is 4.79 Å². The quantitative estimate of drug-likeness (QED) is 0.809. The van der Waals surface area contributed by atoms with Gasteiger partial charge in [0.1, 0.15) is 0 Å². The van der Waals surface area contributed by atoms with Crippen LogP contribution in [0.1, 0.15) is 39.0 Å². The number of hydrogen-bond donors (Lipinski definition) is 2. The zero-order chi connectivity index (χ0) is 12.1. The summed E-state index contributed by atoms with van der Waals surface area (Å²) in [5.41, 5.74) is 0. The largest absolute Gasteiger partial charge is 0.354 e. The molecule has 3 nitrogen and oxygen atoms in total. The number of amides is 1. The average molecular weight is 256 g/mol. The van der Waals surface area contributed by atoms with Crippen LogP contribution in [0.25, 0.3) is 0 Å². The number of thioether (sulfide) groups is 1. The first-order chi connectivity index (χ1) is 8.25. The monoisotopic (exact) mass is 256 g/mol. The van der Waals surface area contributed by atoms with Crippen LogP contribution in [0, 0.1) is 5.92 Å². The summed E-state index contributed by atoms with van der Waals surface area (Å²) in [4.78, 5) is 12.0. The zero-order valence-corrected chi connectivity index (χ0v) is 11.5. The zero-order valence-electron chi connectivity index (χ0n) is 10.7. The van der Waals surface area contributed by atoms with Crippen molar-refractivity contribution in [2.24, 2.45) is 5.92 Å².